The molecule has 0 spiro atoms. The SMILES string of the molecule is O=C1/C(=C\O)CCC/C1=C\c1ccccc1. The molecule has 0 bridgehead atoms. The summed E-state index contributed by atoms with van der Waals surface area (Å²) in [6.45, 7) is 0. The van der Waals surface area contributed by atoms with Crippen LogP contribution in [0.4, 0.5) is 0 Å². The summed E-state index contributed by atoms with van der Waals surface area (Å²) in [5.41, 5.74) is 2.34. The Labute approximate surface area is 94.9 Å². The van der Waals surface area contributed by atoms with Crippen molar-refractivity contribution in [1.29, 1.82) is 0 Å². The first-order valence-electron chi connectivity index (χ1n) is 5.45. The van der Waals surface area contributed by atoms with Crippen LogP contribution in [-0.4, -0.2) is 10.9 Å². The van der Waals surface area contributed by atoms with Gasteiger partial charge in [-0.25, -0.2) is 0 Å². The number of aliphatic hydroxyl groups is 1. The summed E-state index contributed by atoms with van der Waals surface area (Å²) in [5, 5.41) is 8.94. The van der Waals surface area contributed by atoms with E-state index in [1.807, 2.05) is 36.4 Å². The number of aliphatic hydroxyl groups excluding tert-OH is 1. The van der Waals surface area contributed by atoms with Gasteiger partial charge in [0.2, 0.25) is 0 Å². The summed E-state index contributed by atoms with van der Waals surface area (Å²) >= 11 is 0. The van der Waals surface area contributed by atoms with Crippen LogP contribution in [0.5, 0.6) is 0 Å². The number of ketones is 1. The van der Waals surface area contributed by atoms with Crippen LogP contribution in [0.3, 0.4) is 0 Å². The molecule has 0 amide bonds. The van der Waals surface area contributed by atoms with Gasteiger partial charge in [-0.2, -0.15) is 0 Å². The molecule has 2 rings (SSSR count). The molecular weight excluding hydrogens is 200 g/mol. The minimum Gasteiger partial charge on any atom is -0.515 e. The first-order valence-corrected chi connectivity index (χ1v) is 5.45. The van der Waals surface area contributed by atoms with Gasteiger partial charge in [0, 0.05) is 11.1 Å². The Hall–Kier alpha value is -1.83. The fraction of sp³-hybridized carbons (Fsp3) is 0.214. The zero-order valence-corrected chi connectivity index (χ0v) is 9.02. The molecule has 0 atom stereocenters. The Morgan fingerprint density at radius 1 is 1.06 bits per heavy atom. The van der Waals surface area contributed by atoms with E-state index in [0.717, 1.165) is 30.2 Å². The minimum absolute atomic E-state index is 0.0161. The summed E-state index contributed by atoms with van der Waals surface area (Å²) in [6, 6.07) is 9.78. The molecule has 1 aliphatic carbocycles. The standard InChI is InChI=1S/C14H14O2/c15-10-13-8-4-7-12(14(13)16)9-11-5-2-1-3-6-11/h1-3,5-6,9-10,15H,4,7-8H2/b12-9+,13-10-. The lowest BCUT2D eigenvalue weighted by Crippen LogP contribution is -2.12. The van der Waals surface area contributed by atoms with Gasteiger partial charge in [-0.15, -0.1) is 0 Å². The van der Waals surface area contributed by atoms with Crippen molar-refractivity contribution in [3.05, 3.63) is 53.3 Å². The van der Waals surface area contributed by atoms with Gasteiger partial charge < -0.3 is 5.11 Å². The summed E-state index contributed by atoms with van der Waals surface area (Å²) < 4.78 is 0. The van der Waals surface area contributed by atoms with E-state index in [2.05, 4.69) is 0 Å². The average Bonchev–Trinajstić information content (AvgIpc) is 2.33. The Kier molecular flexibility index (Phi) is 3.20. The van der Waals surface area contributed by atoms with Gasteiger partial charge in [0.15, 0.2) is 5.78 Å². The third-order valence-corrected chi connectivity index (χ3v) is 2.77. The zero-order chi connectivity index (χ0) is 11.4. The third kappa shape index (κ3) is 2.22. The van der Waals surface area contributed by atoms with Crippen LogP contribution in [0.1, 0.15) is 24.8 Å². The number of benzene rings is 1. The molecule has 0 saturated heterocycles. The molecule has 0 aliphatic heterocycles. The maximum Gasteiger partial charge on any atom is 0.188 e. The van der Waals surface area contributed by atoms with Crippen LogP contribution >= 0.6 is 0 Å². The quantitative estimate of drug-likeness (QED) is 0.575. The van der Waals surface area contributed by atoms with Gasteiger partial charge >= 0.3 is 0 Å². The van der Waals surface area contributed by atoms with Gasteiger partial charge in [-0.05, 0) is 30.9 Å². The van der Waals surface area contributed by atoms with Crippen LogP contribution < -0.4 is 0 Å². The third-order valence-electron chi connectivity index (χ3n) is 2.77. The topological polar surface area (TPSA) is 37.3 Å². The maximum absolute atomic E-state index is 11.9. The average molecular weight is 214 g/mol. The highest BCUT2D eigenvalue weighted by atomic mass is 16.2. The molecule has 2 nitrogen and oxygen atoms in total. The highest BCUT2D eigenvalue weighted by molar-refractivity contribution is 6.11. The fourth-order valence-corrected chi connectivity index (χ4v) is 1.91. The molecule has 1 N–H and O–H groups in total. The van der Waals surface area contributed by atoms with Crippen LogP contribution in [-0.2, 0) is 4.79 Å². The van der Waals surface area contributed by atoms with Gasteiger partial charge in [0.1, 0.15) is 0 Å². The molecule has 0 unspecified atom stereocenters. The number of allylic oxidation sites excluding steroid dienone is 2. The molecular formula is C14H14O2. The monoisotopic (exact) mass is 214 g/mol. The first kappa shape index (κ1) is 10.7. The summed E-state index contributed by atoms with van der Waals surface area (Å²) in [5.74, 6) is -0.0161. The van der Waals surface area contributed by atoms with E-state index in [-0.39, 0.29) is 5.78 Å². The molecule has 16 heavy (non-hydrogen) atoms. The van der Waals surface area contributed by atoms with Gasteiger partial charge in [0.25, 0.3) is 0 Å². The van der Waals surface area contributed by atoms with Crippen LogP contribution in [0, 0.1) is 0 Å². The van der Waals surface area contributed by atoms with E-state index in [1.165, 1.54) is 0 Å². The van der Waals surface area contributed by atoms with E-state index in [9.17, 15) is 4.79 Å². The number of carbonyl (C=O) groups is 1. The second-order valence-electron chi connectivity index (χ2n) is 3.92. The van der Waals surface area contributed by atoms with Crippen molar-refractivity contribution in [2.75, 3.05) is 0 Å². The number of rotatable bonds is 1. The summed E-state index contributed by atoms with van der Waals surface area (Å²) in [7, 11) is 0. The van der Waals surface area contributed by atoms with Gasteiger partial charge in [-0.3, -0.25) is 4.79 Å². The van der Waals surface area contributed by atoms with Crippen molar-refractivity contribution >= 4 is 11.9 Å². The molecule has 1 saturated carbocycles. The highest BCUT2D eigenvalue weighted by Gasteiger charge is 2.20. The lowest BCUT2D eigenvalue weighted by Gasteiger charge is -2.15. The molecule has 2 heteroatoms. The van der Waals surface area contributed by atoms with Crippen LogP contribution in [0.15, 0.2) is 47.7 Å². The van der Waals surface area contributed by atoms with Crippen LogP contribution in [0.2, 0.25) is 0 Å². The number of hydrogen-bond donors (Lipinski definition) is 1. The van der Waals surface area contributed by atoms with E-state index in [4.69, 9.17) is 5.11 Å². The van der Waals surface area contributed by atoms with E-state index >= 15 is 0 Å². The van der Waals surface area contributed by atoms with Crippen molar-refractivity contribution in [3.8, 4) is 0 Å². The minimum atomic E-state index is -0.0161. The molecule has 1 aliphatic rings. The summed E-state index contributed by atoms with van der Waals surface area (Å²) in [6.07, 6.45) is 5.26. The lowest BCUT2D eigenvalue weighted by molar-refractivity contribution is -0.113. The number of carbonyl (C=O) groups excluding carboxylic acids is 1. The number of Topliss-reactive ketones (excluding diaryl/α,β-unsaturated/α-hetero) is 1. The van der Waals surface area contributed by atoms with E-state index in [1.54, 1.807) is 0 Å². The van der Waals surface area contributed by atoms with Crippen molar-refractivity contribution in [2.45, 2.75) is 19.3 Å². The second kappa shape index (κ2) is 4.79. The van der Waals surface area contributed by atoms with Crippen molar-refractivity contribution in [2.24, 2.45) is 0 Å². The Bertz CT molecular complexity index is 441. The van der Waals surface area contributed by atoms with E-state index in [0.29, 0.717) is 12.0 Å². The number of hydrogen-bond acceptors (Lipinski definition) is 2. The normalized spacial score (nSPS) is 21.6. The van der Waals surface area contributed by atoms with Crippen molar-refractivity contribution in [1.82, 2.24) is 0 Å². The Morgan fingerprint density at radius 3 is 2.44 bits per heavy atom. The van der Waals surface area contributed by atoms with Crippen molar-refractivity contribution < 1.29 is 9.90 Å². The van der Waals surface area contributed by atoms with E-state index < -0.39 is 0 Å². The molecule has 1 aromatic carbocycles. The predicted molar refractivity (Wildman–Crippen MR) is 64.0 cm³/mol. The highest BCUT2D eigenvalue weighted by Crippen LogP contribution is 2.25. The zero-order valence-electron chi connectivity index (χ0n) is 9.02. The van der Waals surface area contributed by atoms with Crippen molar-refractivity contribution in [3.63, 3.8) is 0 Å². The molecule has 82 valence electrons. The Morgan fingerprint density at radius 2 is 1.75 bits per heavy atom. The predicted octanol–water partition coefficient (Wildman–Crippen LogP) is 3.26. The summed E-state index contributed by atoms with van der Waals surface area (Å²) in [4.78, 5) is 11.9. The maximum atomic E-state index is 11.9. The fourth-order valence-electron chi connectivity index (χ4n) is 1.91. The molecule has 1 fully saturated rings. The first-order chi connectivity index (χ1) is 7.81. The largest absolute Gasteiger partial charge is 0.515 e. The Balaban J connectivity index is 2.27. The second-order valence-corrected chi connectivity index (χ2v) is 3.92. The smallest absolute Gasteiger partial charge is 0.188 e. The van der Waals surface area contributed by atoms with Crippen LogP contribution in [0.25, 0.3) is 6.08 Å². The van der Waals surface area contributed by atoms with Gasteiger partial charge in [-0.1, -0.05) is 30.3 Å². The lowest BCUT2D eigenvalue weighted by atomic mass is 9.88. The molecule has 0 heterocycles. The molecule has 1 aromatic rings. The molecule has 0 radical (unpaired) electrons. The van der Waals surface area contributed by atoms with Gasteiger partial charge in [0.05, 0.1) is 6.26 Å². The molecule has 0 aromatic heterocycles.